The zero-order valence-corrected chi connectivity index (χ0v) is 13.4. The third-order valence-electron chi connectivity index (χ3n) is 3.16. The van der Waals surface area contributed by atoms with Gasteiger partial charge < -0.3 is 18.9 Å². The Morgan fingerprint density at radius 2 is 1.78 bits per heavy atom. The molecule has 0 amide bonds. The van der Waals surface area contributed by atoms with E-state index in [0.29, 0.717) is 5.75 Å². The van der Waals surface area contributed by atoms with E-state index in [9.17, 15) is 9.59 Å². The van der Waals surface area contributed by atoms with Gasteiger partial charge in [-0.1, -0.05) is 17.7 Å². The van der Waals surface area contributed by atoms with Crippen LogP contribution in [0.2, 0.25) is 0 Å². The molecule has 0 unspecified atom stereocenters. The Kier molecular flexibility index (Phi) is 5.76. The average Bonchev–Trinajstić information content (AvgIpc) is 2.49. The van der Waals surface area contributed by atoms with Gasteiger partial charge >= 0.3 is 11.9 Å². The van der Waals surface area contributed by atoms with E-state index in [1.54, 1.807) is 12.2 Å². The summed E-state index contributed by atoms with van der Waals surface area (Å²) in [5, 5.41) is 0. The second-order valence-corrected chi connectivity index (χ2v) is 5.24. The lowest BCUT2D eigenvalue weighted by atomic mass is 10.1. The topological polar surface area (TPSA) is 71.1 Å². The van der Waals surface area contributed by atoms with Crippen LogP contribution in [-0.2, 0) is 23.8 Å². The van der Waals surface area contributed by atoms with Gasteiger partial charge in [0.15, 0.2) is 0 Å². The van der Waals surface area contributed by atoms with Crippen molar-refractivity contribution in [3.05, 3.63) is 42.0 Å². The Balaban J connectivity index is 2.03. The molecule has 0 saturated heterocycles. The quantitative estimate of drug-likeness (QED) is 0.611. The Hall–Kier alpha value is -2.34. The van der Waals surface area contributed by atoms with Crippen LogP contribution in [0.4, 0.5) is 0 Å². The van der Waals surface area contributed by atoms with Gasteiger partial charge in [-0.05, 0) is 31.2 Å². The van der Waals surface area contributed by atoms with Gasteiger partial charge in [0.1, 0.15) is 24.6 Å². The number of hydrogen-bond donors (Lipinski definition) is 0. The highest BCUT2D eigenvalue weighted by molar-refractivity contribution is 5.66. The van der Waals surface area contributed by atoms with E-state index in [1.165, 1.54) is 13.8 Å². The van der Waals surface area contributed by atoms with E-state index < -0.39 is 30.4 Å². The summed E-state index contributed by atoms with van der Waals surface area (Å²) in [6, 6.07) is 7.54. The highest BCUT2D eigenvalue weighted by Gasteiger charge is 2.31. The fourth-order valence-corrected chi connectivity index (χ4v) is 2.08. The van der Waals surface area contributed by atoms with Crippen LogP contribution in [0.1, 0.15) is 19.4 Å². The van der Waals surface area contributed by atoms with Crippen LogP contribution >= 0.6 is 0 Å². The third kappa shape index (κ3) is 5.41. The molecule has 1 aliphatic rings. The number of hydrogen-bond acceptors (Lipinski definition) is 6. The standard InChI is InChI=1S/C17H20O6/c1-11-4-6-14(7-5-11)22-17-9-8-15(21-13(3)19)16(23-17)10-20-12(2)18/h4-9,15-17H,10H2,1-3H3/t15-,16+,17+/m0/s1. The molecule has 0 bridgehead atoms. The molecule has 1 aromatic carbocycles. The van der Waals surface area contributed by atoms with E-state index >= 15 is 0 Å². The molecule has 23 heavy (non-hydrogen) atoms. The molecular weight excluding hydrogens is 300 g/mol. The molecule has 0 aromatic heterocycles. The first-order valence-corrected chi connectivity index (χ1v) is 7.32. The van der Waals surface area contributed by atoms with Crippen molar-refractivity contribution in [3.8, 4) is 5.75 Å². The molecule has 0 aliphatic carbocycles. The van der Waals surface area contributed by atoms with Crippen molar-refractivity contribution in [2.75, 3.05) is 6.61 Å². The summed E-state index contributed by atoms with van der Waals surface area (Å²) in [5.74, 6) is -0.211. The van der Waals surface area contributed by atoms with Gasteiger partial charge in [-0.2, -0.15) is 0 Å². The number of esters is 2. The molecule has 1 heterocycles. The van der Waals surface area contributed by atoms with Gasteiger partial charge in [0.05, 0.1) is 0 Å². The second-order valence-electron chi connectivity index (χ2n) is 5.24. The van der Waals surface area contributed by atoms with Crippen LogP contribution in [0.3, 0.4) is 0 Å². The molecule has 0 saturated carbocycles. The Morgan fingerprint density at radius 1 is 1.09 bits per heavy atom. The van der Waals surface area contributed by atoms with Crippen molar-refractivity contribution in [1.82, 2.24) is 0 Å². The van der Waals surface area contributed by atoms with Crippen molar-refractivity contribution >= 4 is 11.9 Å². The van der Waals surface area contributed by atoms with Crippen LogP contribution < -0.4 is 4.74 Å². The number of ether oxygens (including phenoxy) is 4. The first-order chi connectivity index (χ1) is 10.9. The maximum atomic E-state index is 11.1. The fraction of sp³-hybridized carbons (Fsp3) is 0.412. The number of carbonyl (C=O) groups is 2. The van der Waals surface area contributed by atoms with E-state index in [-0.39, 0.29) is 6.61 Å². The number of rotatable bonds is 5. The highest BCUT2D eigenvalue weighted by atomic mass is 16.7. The summed E-state index contributed by atoms with van der Waals surface area (Å²) in [7, 11) is 0. The molecule has 3 atom stereocenters. The van der Waals surface area contributed by atoms with Crippen molar-refractivity contribution in [1.29, 1.82) is 0 Å². The largest absolute Gasteiger partial charge is 0.463 e. The monoisotopic (exact) mass is 320 g/mol. The molecule has 0 radical (unpaired) electrons. The van der Waals surface area contributed by atoms with Gasteiger partial charge in [0.25, 0.3) is 0 Å². The summed E-state index contributed by atoms with van der Waals surface area (Å²) < 4.78 is 21.5. The number of carbonyl (C=O) groups excluding carboxylic acids is 2. The molecule has 2 rings (SSSR count). The maximum Gasteiger partial charge on any atom is 0.303 e. The number of benzene rings is 1. The van der Waals surface area contributed by atoms with E-state index in [0.717, 1.165) is 5.56 Å². The lowest BCUT2D eigenvalue weighted by Crippen LogP contribution is -2.42. The minimum Gasteiger partial charge on any atom is -0.463 e. The number of aryl methyl sites for hydroxylation is 1. The lowest BCUT2D eigenvalue weighted by molar-refractivity contribution is -0.178. The van der Waals surface area contributed by atoms with Crippen LogP contribution in [0.15, 0.2) is 36.4 Å². The van der Waals surface area contributed by atoms with Crippen molar-refractivity contribution < 1.29 is 28.5 Å². The predicted molar refractivity (Wildman–Crippen MR) is 81.8 cm³/mol. The molecular formula is C17H20O6. The van der Waals surface area contributed by atoms with Crippen LogP contribution in [0, 0.1) is 6.92 Å². The van der Waals surface area contributed by atoms with Crippen LogP contribution in [-0.4, -0.2) is 37.0 Å². The van der Waals surface area contributed by atoms with Crippen LogP contribution in [0.5, 0.6) is 5.75 Å². The third-order valence-corrected chi connectivity index (χ3v) is 3.16. The van der Waals surface area contributed by atoms with E-state index in [2.05, 4.69) is 0 Å². The zero-order valence-electron chi connectivity index (χ0n) is 13.4. The van der Waals surface area contributed by atoms with Crippen LogP contribution in [0.25, 0.3) is 0 Å². The molecule has 6 heteroatoms. The molecule has 0 N–H and O–H groups in total. The summed E-state index contributed by atoms with van der Waals surface area (Å²) in [6.07, 6.45) is 1.45. The summed E-state index contributed by atoms with van der Waals surface area (Å²) >= 11 is 0. The second kappa shape index (κ2) is 7.78. The molecule has 6 nitrogen and oxygen atoms in total. The zero-order chi connectivity index (χ0) is 16.8. The highest BCUT2D eigenvalue weighted by Crippen LogP contribution is 2.21. The van der Waals surface area contributed by atoms with Crippen molar-refractivity contribution in [2.24, 2.45) is 0 Å². The summed E-state index contributed by atoms with van der Waals surface area (Å²) in [5.41, 5.74) is 1.13. The Bertz CT molecular complexity index is 577. The normalized spacial score (nSPS) is 23.2. The smallest absolute Gasteiger partial charge is 0.303 e. The van der Waals surface area contributed by atoms with Gasteiger partial charge in [0, 0.05) is 13.8 Å². The van der Waals surface area contributed by atoms with E-state index in [1.807, 2.05) is 31.2 Å². The van der Waals surface area contributed by atoms with E-state index in [4.69, 9.17) is 18.9 Å². The minimum atomic E-state index is -0.648. The molecule has 1 aliphatic heterocycles. The first-order valence-electron chi connectivity index (χ1n) is 7.32. The molecule has 124 valence electrons. The first kappa shape index (κ1) is 17.0. The van der Waals surface area contributed by atoms with Crippen molar-refractivity contribution in [2.45, 2.75) is 39.3 Å². The maximum absolute atomic E-state index is 11.1. The summed E-state index contributed by atoms with van der Waals surface area (Å²) in [4.78, 5) is 22.1. The predicted octanol–water partition coefficient (Wildman–Crippen LogP) is 2.15. The minimum absolute atomic E-state index is 0.0224. The lowest BCUT2D eigenvalue weighted by Gasteiger charge is -2.31. The Labute approximate surface area is 135 Å². The molecule has 0 spiro atoms. The summed E-state index contributed by atoms with van der Waals surface area (Å²) in [6.45, 7) is 4.58. The SMILES string of the molecule is CC(=O)OC[C@H]1O[C@@H](Oc2ccc(C)cc2)C=C[C@@H]1OC(C)=O. The fourth-order valence-electron chi connectivity index (χ4n) is 2.08. The Morgan fingerprint density at radius 3 is 2.39 bits per heavy atom. The average molecular weight is 320 g/mol. The van der Waals surface area contributed by atoms with Gasteiger partial charge in [0.2, 0.25) is 6.29 Å². The van der Waals surface area contributed by atoms with Gasteiger partial charge in [-0.3, -0.25) is 9.59 Å². The van der Waals surface area contributed by atoms with Crippen molar-refractivity contribution in [3.63, 3.8) is 0 Å². The molecule has 0 fully saturated rings. The molecule has 1 aromatic rings. The van der Waals surface area contributed by atoms with Gasteiger partial charge in [-0.25, -0.2) is 0 Å². The van der Waals surface area contributed by atoms with Gasteiger partial charge in [-0.15, -0.1) is 0 Å².